The van der Waals surface area contributed by atoms with E-state index in [2.05, 4.69) is 10.3 Å². The third-order valence-corrected chi connectivity index (χ3v) is 9.73. The van der Waals surface area contributed by atoms with Gasteiger partial charge in [0.25, 0.3) is 5.91 Å². The summed E-state index contributed by atoms with van der Waals surface area (Å²) in [6, 6.07) is 24.5. The van der Waals surface area contributed by atoms with Gasteiger partial charge in [0.05, 0.1) is 17.7 Å². The topological polar surface area (TPSA) is 135 Å². The van der Waals surface area contributed by atoms with Crippen molar-refractivity contribution in [2.75, 3.05) is 12.4 Å². The minimum Gasteiger partial charge on any atom is -0.507 e. The van der Waals surface area contributed by atoms with Crippen molar-refractivity contribution in [3.05, 3.63) is 118 Å². The number of hydrogen-bond donors (Lipinski definition) is 2. The zero-order chi connectivity index (χ0) is 32.2. The van der Waals surface area contributed by atoms with E-state index >= 15 is 0 Å². The summed E-state index contributed by atoms with van der Waals surface area (Å²) in [5.74, 6) is -1.75. The SMILES string of the molecule is CC(=O)OCC1=C(C(=O)OC(c2ccccc2)c2ccccc2)N2C(=O)[C@@H](NC(=O)Cc3csc(-c4ccccc4O)n3)[C@H]2SC1. The van der Waals surface area contributed by atoms with Gasteiger partial charge in [-0.25, -0.2) is 9.78 Å². The molecule has 2 amide bonds. The van der Waals surface area contributed by atoms with E-state index in [-0.39, 0.29) is 30.2 Å². The highest BCUT2D eigenvalue weighted by Crippen LogP contribution is 2.42. The van der Waals surface area contributed by atoms with Crippen molar-refractivity contribution in [3.8, 4) is 16.3 Å². The van der Waals surface area contributed by atoms with Crippen molar-refractivity contribution in [2.24, 2.45) is 0 Å². The Hall–Kier alpha value is -4.94. The van der Waals surface area contributed by atoms with E-state index in [1.165, 1.54) is 34.9 Å². The Balaban J connectivity index is 1.19. The quantitative estimate of drug-likeness (QED) is 0.186. The number of benzene rings is 3. The number of nitrogens with zero attached hydrogens (tertiary/aromatic N) is 2. The lowest BCUT2D eigenvalue weighted by molar-refractivity contribution is -0.155. The number of para-hydroxylation sites is 1. The zero-order valence-electron chi connectivity index (χ0n) is 24.6. The second-order valence-electron chi connectivity index (χ2n) is 10.6. The molecule has 0 radical (unpaired) electrons. The maximum atomic E-state index is 13.9. The van der Waals surface area contributed by atoms with Crippen molar-refractivity contribution in [3.63, 3.8) is 0 Å². The number of phenolic OH excluding ortho intramolecular Hbond substituents is 1. The fourth-order valence-electron chi connectivity index (χ4n) is 5.27. The highest BCUT2D eigenvalue weighted by molar-refractivity contribution is 8.00. The maximum absolute atomic E-state index is 13.9. The van der Waals surface area contributed by atoms with Crippen LogP contribution in [0.3, 0.4) is 0 Å². The molecule has 1 saturated heterocycles. The fourth-order valence-corrected chi connectivity index (χ4v) is 7.45. The molecule has 46 heavy (non-hydrogen) atoms. The van der Waals surface area contributed by atoms with Gasteiger partial charge in [0.15, 0.2) is 6.10 Å². The summed E-state index contributed by atoms with van der Waals surface area (Å²) in [4.78, 5) is 57.9. The summed E-state index contributed by atoms with van der Waals surface area (Å²) in [6.45, 7) is 1.09. The molecule has 2 N–H and O–H groups in total. The molecule has 2 aliphatic rings. The summed E-state index contributed by atoms with van der Waals surface area (Å²) < 4.78 is 11.3. The lowest BCUT2D eigenvalue weighted by Crippen LogP contribution is -2.70. The van der Waals surface area contributed by atoms with Gasteiger partial charge >= 0.3 is 11.9 Å². The number of ether oxygens (including phenoxy) is 2. The summed E-state index contributed by atoms with van der Waals surface area (Å²) in [6.07, 6.45) is -0.818. The van der Waals surface area contributed by atoms with Gasteiger partial charge in [0, 0.05) is 23.6 Å². The average molecular weight is 656 g/mol. The summed E-state index contributed by atoms with van der Waals surface area (Å²) in [5, 5.41) is 14.7. The summed E-state index contributed by atoms with van der Waals surface area (Å²) in [5.41, 5.74) is 3.03. The lowest BCUT2D eigenvalue weighted by Gasteiger charge is -2.49. The molecule has 234 valence electrons. The third kappa shape index (κ3) is 6.53. The normalized spacial score (nSPS) is 17.3. The van der Waals surface area contributed by atoms with Crippen LogP contribution in [0.25, 0.3) is 10.6 Å². The predicted octanol–water partition coefficient (Wildman–Crippen LogP) is 4.61. The Labute approximate surface area is 273 Å². The Morgan fingerprint density at radius 1 is 1.00 bits per heavy atom. The van der Waals surface area contributed by atoms with Crippen molar-refractivity contribution in [1.82, 2.24) is 15.2 Å². The van der Waals surface area contributed by atoms with E-state index in [4.69, 9.17) is 9.47 Å². The van der Waals surface area contributed by atoms with Gasteiger partial charge in [-0.2, -0.15) is 0 Å². The van der Waals surface area contributed by atoms with Gasteiger partial charge in [-0.05, 0) is 23.3 Å². The highest BCUT2D eigenvalue weighted by Gasteiger charge is 2.54. The predicted molar refractivity (Wildman–Crippen MR) is 172 cm³/mol. The van der Waals surface area contributed by atoms with Crippen molar-refractivity contribution < 1.29 is 33.8 Å². The van der Waals surface area contributed by atoms with E-state index in [0.717, 1.165) is 11.1 Å². The number of carbonyl (C=O) groups excluding carboxylic acids is 4. The maximum Gasteiger partial charge on any atom is 0.356 e. The molecule has 1 fully saturated rings. The van der Waals surface area contributed by atoms with Crippen LogP contribution in [-0.4, -0.2) is 62.5 Å². The Morgan fingerprint density at radius 2 is 1.65 bits per heavy atom. The monoisotopic (exact) mass is 655 g/mol. The zero-order valence-corrected chi connectivity index (χ0v) is 26.3. The Morgan fingerprint density at radius 3 is 2.30 bits per heavy atom. The number of esters is 2. The van der Waals surface area contributed by atoms with Crippen molar-refractivity contribution >= 4 is 46.9 Å². The number of thiazole rings is 1. The van der Waals surface area contributed by atoms with E-state index in [0.29, 0.717) is 21.8 Å². The number of amides is 2. The molecule has 0 unspecified atom stereocenters. The van der Waals surface area contributed by atoms with Gasteiger partial charge < -0.3 is 19.9 Å². The second-order valence-corrected chi connectivity index (χ2v) is 12.6. The number of rotatable bonds is 10. The number of hydrogen-bond acceptors (Lipinski definition) is 10. The van der Waals surface area contributed by atoms with Crippen LogP contribution in [0, 0.1) is 0 Å². The van der Waals surface area contributed by atoms with Crippen LogP contribution < -0.4 is 5.32 Å². The number of β-lactam (4-membered cyclic amide) rings is 1. The van der Waals surface area contributed by atoms with E-state index in [1.54, 1.807) is 29.6 Å². The standard InChI is InChI=1S/C34H29N3O7S2/c1-20(38)43-17-23-18-46-33-28(36-27(40)16-24-19-45-31(35-24)25-14-8-9-15-26(25)39)32(41)37(33)29(23)34(42)44-30(21-10-4-2-5-11-21)22-12-6-3-7-13-22/h2-15,19,28,30,33,39H,16-18H2,1H3,(H,36,40)/t28-,33-/m1/s1. The molecule has 0 aliphatic carbocycles. The number of fused-ring (bicyclic) bond motifs is 1. The number of nitrogens with one attached hydrogen (secondary N) is 1. The number of aromatic nitrogens is 1. The van der Waals surface area contributed by atoms with Crippen LogP contribution in [0.5, 0.6) is 5.75 Å². The molecule has 12 heteroatoms. The number of carbonyl (C=O) groups is 4. The van der Waals surface area contributed by atoms with Gasteiger partial charge in [-0.3, -0.25) is 19.3 Å². The van der Waals surface area contributed by atoms with E-state index < -0.39 is 41.3 Å². The fraction of sp³-hybridized carbons (Fsp3) is 0.206. The molecule has 2 atom stereocenters. The number of aromatic hydroxyl groups is 1. The summed E-state index contributed by atoms with van der Waals surface area (Å²) >= 11 is 2.66. The molecule has 0 bridgehead atoms. The molecule has 10 nitrogen and oxygen atoms in total. The minimum absolute atomic E-state index is 0.0178. The number of thioether (sulfide) groups is 1. The third-order valence-electron chi connectivity index (χ3n) is 7.46. The molecule has 2 aliphatic heterocycles. The van der Waals surface area contributed by atoms with Gasteiger partial charge in [-0.15, -0.1) is 23.1 Å². The Bertz CT molecular complexity index is 1770. The average Bonchev–Trinajstić information content (AvgIpc) is 3.53. The van der Waals surface area contributed by atoms with Gasteiger partial charge in [0.2, 0.25) is 5.91 Å². The molecule has 3 heterocycles. The number of phenols is 1. The van der Waals surface area contributed by atoms with Crippen molar-refractivity contribution in [2.45, 2.75) is 30.9 Å². The molecule has 1 aromatic heterocycles. The molecular formula is C34H29N3O7S2. The largest absolute Gasteiger partial charge is 0.507 e. The van der Waals surface area contributed by atoms with Crippen molar-refractivity contribution in [1.29, 1.82) is 0 Å². The first-order valence-electron chi connectivity index (χ1n) is 14.4. The van der Waals surface area contributed by atoms with Crippen LogP contribution in [0.2, 0.25) is 0 Å². The molecule has 4 aromatic rings. The van der Waals surface area contributed by atoms with Gasteiger partial charge in [-0.1, -0.05) is 72.8 Å². The first-order chi connectivity index (χ1) is 22.3. The smallest absolute Gasteiger partial charge is 0.356 e. The van der Waals surface area contributed by atoms with Crippen LogP contribution in [0.1, 0.15) is 29.8 Å². The molecule has 3 aromatic carbocycles. The van der Waals surface area contributed by atoms with E-state index in [1.807, 2.05) is 60.7 Å². The van der Waals surface area contributed by atoms with Crippen LogP contribution >= 0.6 is 23.1 Å². The Kier molecular flexibility index (Phi) is 9.18. The van der Waals surface area contributed by atoms with Crippen LogP contribution in [0.15, 0.2) is 102 Å². The molecule has 0 saturated carbocycles. The minimum atomic E-state index is -0.870. The summed E-state index contributed by atoms with van der Waals surface area (Å²) in [7, 11) is 0. The lowest BCUT2D eigenvalue weighted by atomic mass is 10.0. The van der Waals surface area contributed by atoms with E-state index in [9.17, 15) is 24.3 Å². The second kappa shape index (κ2) is 13.6. The first kappa shape index (κ1) is 31.1. The molecule has 0 spiro atoms. The highest BCUT2D eigenvalue weighted by atomic mass is 32.2. The van der Waals surface area contributed by atoms with Crippen LogP contribution in [-0.2, 0) is 35.1 Å². The van der Waals surface area contributed by atoms with Crippen LogP contribution in [0.4, 0.5) is 0 Å². The first-order valence-corrected chi connectivity index (χ1v) is 16.4. The van der Waals surface area contributed by atoms with Gasteiger partial charge in [0.1, 0.15) is 34.5 Å². The molecular weight excluding hydrogens is 627 g/mol. The molecule has 6 rings (SSSR count).